The Kier molecular flexibility index (Phi) is 5.24. The molecule has 0 atom stereocenters. The number of nitriles is 1. The van der Waals surface area contributed by atoms with Gasteiger partial charge in [-0.15, -0.1) is 0 Å². The van der Waals surface area contributed by atoms with Gasteiger partial charge in [0, 0.05) is 17.1 Å². The highest BCUT2D eigenvalue weighted by Crippen LogP contribution is 2.29. The number of rotatable bonds is 5. The maximum Gasteiger partial charge on any atom is 0.354 e. The van der Waals surface area contributed by atoms with Crippen LogP contribution in [0.3, 0.4) is 0 Å². The van der Waals surface area contributed by atoms with Crippen molar-refractivity contribution in [1.82, 2.24) is 9.55 Å². The van der Waals surface area contributed by atoms with E-state index < -0.39 is 5.97 Å². The predicted octanol–water partition coefficient (Wildman–Crippen LogP) is 6.19. The second-order valence-electron chi connectivity index (χ2n) is 7.52. The van der Waals surface area contributed by atoms with Crippen LogP contribution in [-0.2, 0) is 0 Å². The number of ether oxygens (including phenoxy) is 1. The van der Waals surface area contributed by atoms with Gasteiger partial charge in [0.05, 0.1) is 28.5 Å². The molecule has 1 N–H and O–H groups in total. The smallest absolute Gasteiger partial charge is 0.354 e. The Labute approximate surface area is 193 Å². The molecule has 5 aromatic rings. The first-order chi connectivity index (χ1) is 16.5. The van der Waals surface area contributed by atoms with E-state index in [0.29, 0.717) is 34.0 Å². The Morgan fingerprint density at radius 1 is 0.971 bits per heavy atom. The summed E-state index contributed by atoms with van der Waals surface area (Å²) in [7, 11) is 0. The first kappa shape index (κ1) is 20.9. The normalized spacial score (nSPS) is 10.7. The third-order valence-corrected chi connectivity index (χ3v) is 5.36. The quantitative estimate of drug-likeness (QED) is 0.345. The summed E-state index contributed by atoms with van der Waals surface area (Å²) in [6, 6.07) is 25.4. The van der Waals surface area contributed by atoms with Crippen molar-refractivity contribution in [3.05, 3.63) is 108 Å². The molecule has 0 amide bonds. The maximum atomic E-state index is 13.1. The minimum absolute atomic E-state index is 0.0996. The summed E-state index contributed by atoms with van der Waals surface area (Å²) in [6.07, 6.45) is 1.80. The van der Waals surface area contributed by atoms with Crippen molar-refractivity contribution in [2.75, 3.05) is 0 Å². The number of aromatic carboxylic acids is 1. The molecular formula is C27H16FN3O3. The summed E-state index contributed by atoms with van der Waals surface area (Å²) in [6.45, 7) is 0. The van der Waals surface area contributed by atoms with Gasteiger partial charge in [-0.05, 0) is 78.9 Å². The van der Waals surface area contributed by atoms with Crippen molar-refractivity contribution in [3.63, 3.8) is 0 Å². The van der Waals surface area contributed by atoms with Gasteiger partial charge >= 0.3 is 5.97 Å². The molecule has 0 saturated heterocycles. The fourth-order valence-corrected chi connectivity index (χ4v) is 3.74. The van der Waals surface area contributed by atoms with Gasteiger partial charge in [0.15, 0.2) is 5.69 Å². The van der Waals surface area contributed by atoms with E-state index >= 15 is 0 Å². The molecule has 0 radical (unpaired) electrons. The number of benzene rings is 3. The van der Waals surface area contributed by atoms with Crippen LogP contribution in [0.25, 0.3) is 27.8 Å². The van der Waals surface area contributed by atoms with E-state index in [4.69, 9.17) is 4.74 Å². The number of hydrogen-bond donors (Lipinski definition) is 1. The first-order valence-electron chi connectivity index (χ1n) is 10.3. The van der Waals surface area contributed by atoms with Crippen LogP contribution in [0.1, 0.15) is 16.1 Å². The number of hydrogen-bond acceptors (Lipinski definition) is 4. The largest absolute Gasteiger partial charge is 0.477 e. The zero-order valence-corrected chi connectivity index (χ0v) is 17.6. The van der Waals surface area contributed by atoms with Gasteiger partial charge in [0.25, 0.3) is 0 Å². The number of carboxylic acids is 1. The molecule has 2 aromatic heterocycles. The van der Waals surface area contributed by atoms with Crippen LogP contribution in [-0.4, -0.2) is 20.6 Å². The molecular weight excluding hydrogens is 433 g/mol. The highest BCUT2D eigenvalue weighted by Gasteiger charge is 2.14. The lowest BCUT2D eigenvalue weighted by atomic mass is 10.1. The molecule has 5 rings (SSSR count). The standard InChI is InChI=1S/C27H16FN3O3/c28-19-6-10-22(11-7-19)34-21-8-4-17(5-9-21)24-14-20(15-25(30-24)27(32)33)31-13-12-23-18(16-29)2-1-3-26(23)31/h1-15H,(H,32,33). The van der Waals surface area contributed by atoms with E-state index in [-0.39, 0.29) is 11.5 Å². The Morgan fingerprint density at radius 2 is 1.68 bits per heavy atom. The second-order valence-corrected chi connectivity index (χ2v) is 7.52. The van der Waals surface area contributed by atoms with Crippen LogP contribution >= 0.6 is 0 Å². The number of halogens is 1. The molecule has 34 heavy (non-hydrogen) atoms. The molecule has 164 valence electrons. The second kappa shape index (κ2) is 8.52. The molecule has 0 unspecified atom stereocenters. The van der Waals surface area contributed by atoms with Gasteiger partial charge in [0.2, 0.25) is 0 Å². The number of carboxylic acid groups (broad SMARTS) is 1. The number of aromatic nitrogens is 2. The van der Waals surface area contributed by atoms with Crippen LogP contribution in [0, 0.1) is 17.1 Å². The number of nitrogens with zero attached hydrogens (tertiary/aromatic N) is 3. The van der Waals surface area contributed by atoms with Crippen molar-refractivity contribution < 1.29 is 19.0 Å². The highest BCUT2D eigenvalue weighted by atomic mass is 19.1. The molecule has 7 heteroatoms. The summed E-state index contributed by atoms with van der Waals surface area (Å²) >= 11 is 0. The highest BCUT2D eigenvalue weighted by molar-refractivity contribution is 5.90. The van der Waals surface area contributed by atoms with E-state index in [0.717, 1.165) is 10.9 Å². The summed E-state index contributed by atoms with van der Waals surface area (Å²) in [5, 5.41) is 19.8. The topological polar surface area (TPSA) is 88.1 Å². The Balaban J connectivity index is 1.53. The first-order valence-corrected chi connectivity index (χ1v) is 10.3. The summed E-state index contributed by atoms with van der Waals surface area (Å²) in [5.41, 5.74) is 3.01. The molecule has 0 aliphatic heterocycles. The van der Waals surface area contributed by atoms with Crippen molar-refractivity contribution in [3.8, 4) is 34.5 Å². The van der Waals surface area contributed by atoms with Crippen LogP contribution in [0.15, 0.2) is 91.1 Å². The van der Waals surface area contributed by atoms with E-state index in [9.17, 15) is 19.6 Å². The van der Waals surface area contributed by atoms with Crippen molar-refractivity contribution in [1.29, 1.82) is 5.26 Å². The zero-order valence-electron chi connectivity index (χ0n) is 17.6. The van der Waals surface area contributed by atoms with Gasteiger partial charge in [0.1, 0.15) is 17.3 Å². The van der Waals surface area contributed by atoms with Gasteiger partial charge in [-0.2, -0.15) is 5.26 Å². The fraction of sp³-hybridized carbons (Fsp3) is 0. The molecule has 0 spiro atoms. The predicted molar refractivity (Wildman–Crippen MR) is 125 cm³/mol. The Hall–Kier alpha value is -4.96. The lowest BCUT2D eigenvalue weighted by Gasteiger charge is -2.11. The molecule has 3 aromatic carbocycles. The summed E-state index contributed by atoms with van der Waals surface area (Å²) in [4.78, 5) is 16.1. The SMILES string of the molecule is N#Cc1cccc2c1ccn2-c1cc(C(=O)O)nc(-c2ccc(Oc3ccc(F)cc3)cc2)c1. The zero-order chi connectivity index (χ0) is 23.7. The van der Waals surface area contributed by atoms with Gasteiger partial charge in [-0.25, -0.2) is 14.2 Å². The lowest BCUT2D eigenvalue weighted by Crippen LogP contribution is -2.04. The number of pyridine rings is 1. The third kappa shape index (κ3) is 3.96. The average Bonchev–Trinajstić information content (AvgIpc) is 3.30. The Bertz CT molecular complexity index is 1570. The van der Waals surface area contributed by atoms with E-state index in [1.807, 2.05) is 16.7 Å². The summed E-state index contributed by atoms with van der Waals surface area (Å²) < 4.78 is 20.7. The maximum absolute atomic E-state index is 13.1. The third-order valence-electron chi connectivity index (χ3n) is 5.36. The van der Waals surface area contributed by atoms with E-state index in [1.165, 1.54) is 30.3 Å². The number of fused-ring (bicyclic) bond motifs is 1. The van der Waals surface area contributed by atoms with Crippen molar-refractivity contribution in [2.45, 2.75) is 0 Å². The lowest BCUT2D eigenvalue weighted by molar-refractivity contribution is 0.0690. The van der Waals surface area contributed by atoms with Crippen LogP contribution in [0.4, 0.5) is 4.39 Å². The van der Waals surface area contributed by atoms with Gasteiger partial charge in [-0.1, -0.05) is 6.07 Å². The minimum Gasteiger partial charge on any atom is -0.477 e. The van der Waals surface area contributed by atoms with Crippen LogP contribution in [0.5, 0.6) is 11.5 Å². The molecule has 2 heterocycles. The van der Waals surface area contributed by atoms with Crippen LogP contribution in [0.2, 0.25) is 0 Å². The molecule has 0 aliphatic carbocycles. The fourth-order valence-electron chi connectivity index (χ4n) is 3.74. The molecule has 0 bridgehead atoms. The molecule has 6 nitrogen and oxygen atoms in total. The average molecular weight is 449 g/mol. The molecule has 0 fully saturated rings. The Morgan fingerprint density at radius 3 is 2.35 bits per heavy atom. The van der Waals surface area contributed by atoms with Crippen LogP contribution < -0.4 is 4.74 Å². The summed E-state index contributed by atoms with van der Waals surface area (Å²) in [5.74, 6) is -0.445. The monoisotopic (exact) mass is 449 g/mol. The van der Waals surface area contributed by atoms with Gasteiger partial charge in [-0.3, -0.25) is 0 Å². The number of carbonyl (C=O) groups is 1. The van der Waals surface area contributed by atoms with Crippen molar-refractivity contribution >= 4 is 16.9 Å². The van der Waals surface area contributed by atoms with Crippen molar-refractivity contribution in [2.24, 2.45) is 0 Å². The van der Waals surface area contributed by atoms with Gasteiger partial charge < -0.3 is 14.4 Å². The van der Waals surface area contributed by atoms with E-state index in [1.54, 1.807) is 48.7 Å². The molecule has 0 saturated carbocycles. The molecule has 0 aliphatic rings. The van der Waals surface area contributed by atoms with E-state index in [2.05, 4.69) is 11.1 Å². The minimum atomic E-state index is -1.14.